The van der Waals surface area contributed by atoms with Gasteiger partial charge in [0.15, 0.2) is 12.6 Å². The number of unbranched alkanes of at least 4 members (excludes halogenated alkanes) is 33. The van der Waals surface area contributed by atoms with E-state index in [4.69, 9.17) is 18.9 Å². The van der Waals surface area contributed by atoms with Crippen molar-refractivity contribution in [3.8, 4) is 0 Å². The van der Waals surface area contributed by atoms with E-state index in [1.54, 1.807) is 6.08 Å². The van der Waals surface area contributed by atoms with Crippen LogP contribution in [-0.4, -0.2) is 140 Å². The lowest BCUT2D eigenvalue weighted by Gasteiger charge is -2.46. The van der Waals surface area contributed by atoms with Gasteiger partial charge in [0, 0.05) is 6.42 Å². The first-order valence-corrected chi connectivity index (χ1v) is 34.7. The highest BCUT2D eigenvalue weighted by atomic mass is 16.7. The van der Waals surface area contributed by atoms with Crippen molar-refractivity contribution in [2.45, 2.75) is 351 Å². The third-order valence-electron chi connectivity index (χ3n) is 16.6. The van der Waals surface area contributed by atoms with Crippen molar-refractivity contribution < 1.29 is 64.6 Å². The summed E-state index contributed by atoms with van der Waals surface area (Å²) in [5.74, 6) is -0.247. The number of carbonyl (C=O) groups is 1. The van der Waals surface area contributed by atoms with Crippen LogP contribution >= 0.6 is 0 Å². The Morgan fingerprint density at radius 2 is 0.824 bits per heavy atom. The molecule has 12 atom stereocenters. The molecule has 0 radical (unpaired) electrons. The number of carbonyl (C=O) groups excluding carboxylic acids is 1. The fourth-order valence-corrected chi connectivity index (χ4v) is 11.1. The monoisotopic (exact) mass is 1200 g/mol. The van der Waals surface area contributed by atoms with E-state index in [0.29, 0.717) is 12.8 Å². The van der Waals surface area contributed by atoms with Crippen LogP contribution in [0.3, 0.4) is 0 Å². The van der Waals surface area contributed by atoms with Gasteiger partial charge in [-0.3, -0.25) is 4.79 Å². The Labute approximate surface area is 517 Å². The first-order chi connectivity index (χ1) is 41.6. The van der Waals surface area contributed by atoms with Gasteiger partial charge >= 0.3 is 0 Å². The second-order valence-electron chi connectivity index (χ2n) is 24.3. The molecule has 2 fully saturated rings. The minimum absolute atomic E-state index is 0.247. The van der Waals surface area contributed by atoms with Crippen LogP contribution in [0.15, 0.2) is 72.9 Å². The number of aliphatic hydroxyl groups excluding tert-OH is 8. The largest absolute Gasteiger partial charge is 0.394 e. The highest BCUT2D eigenvalue weighted by Crippen LogP contribution is 2.30. The van der Waals surface area contributed by atoms with E-state index in [1.165, 1.54) is 186 Å². The highest BCUT2D eigenvalue weighted by molar-refractivity contribution is 5.76. The number of ether oxygens (including phenoxy) is 4. The van der Waals surface area contributed by atoms with Crippen LogP contribution in [0.2, 0.25) is 0 Å². The van der Waals surface area contributed by atoms with Crippen molar-refractivity contribution in [2.75, 3.05) is 19.8 Å². The van der Waals surface area contributed by atoms with E-state index in [1.807, 2.05) is 6.08 Å². The highest BCUT2D eigenvalue weighted by Gasteiger charge is 2.51. The lowest BCUT2D eigenvalue weighted by molar-refractivity contribution is -0.359. The molecular weight excluding hydrogens is 1070 g/mol. The Bertz CT molecular complexity index is 1700. The minimum Gasteiger partial charge on any atom is -0.394 e. The Morgan fingerprint density at radius 1 is 0.435 bits per heavy atom. The number of hydrogen-bond acceptors (Lipinski definition) is 13. The number of nitrogens with one attached hydrogen (secondary N) is 1. The fourth-order valence-electron chi connectivity index (χ4n) is 11.1. The molecule has 2 aliphatic heterocycles. The lowest BCUT2D eigenvalue weighted by Crippen LogP contribution is -2.65. The molecule has 0 bridgehead atoms. The van der Waals surface area contributed by atoms with Crippen molar-refractivity contribution in [2.24, 2.45) is 0 Å². The van der Waals surface area contributed by atoms with Gasteiger partial charge in [0.25, 0.3) is 0 Å². The molecule has 0 aromatic carbocycles. The van der Waals surface area contributed by atoms with Crippen LogP contribution < -0.4 is 5.32 Å². The Morgan fingerprint density at radius 3 is 1.29 bits per heavy atom. The fraction of sp³-hybridized carbons (Fsp3) is 0.817. The van der Waals surface area contributed by atoms with Gasteiger partial charge in [-0.1, -0.05) is 273 Å². The standard InChI is InChI=1S/C71H127NO13/c1-3-5-7-9-11-13-15-17-19-21-23-25-26-27-28-29-30-31-32-33-34-35-37-39-41-43-45-47-49-51-53-55-63(76)72-59(60(75)54-52-50-48-46-44-42-40-38-36-24-22-20-18-16-14-12-10-8-6-4-2)58-82-70-68(81)66(79)69(62(57-74)84-70)85-71-67(80)65(78)64(77)61(56-73)83-71/h5,7,11,13,17,19,23,25,44,46,52,54,59-62,64-71,73-75,77-81H,3-4,6,8-10,12,14-16,18,20-22,24,26-43,45,47-51,53,55-58H2,1-2H3,(H,72,76)/b7-5-,13-11-,19-17-,25-23-,46-44+,54-52+. The topological polar surface area (TPSA) is 228 Å². The Kier molecular flexibility index (Phi) is 51.3. The van der Waals surface area contributed by atoms with Crippen molar-refractivity contribution in [3.63, 3.8) is 0 Å². The molecule has 9 N–H and O–H groups in total. The molecular formula is C71H127NO13. The van der Waals surface area contributed by atoms with Crippen LogP contribution in [0.4, 0.5) is 0 Å². The van der Waals surface area contributed by atoms with Gasteiger partial charge in [-0.25, -0.2) is 0 Å². The summed E-state index contributed by atoms with van der Waals surface area (Å²) in [5.41, 5.74) is 0. The van der Waals surface area contributed by atoms with E-state index in [0.717, 1.165) is 57.8 Å². The molecule has 12 unspecified atom stereocenters. The second kappa shape index (κ2) is 55.5. The maximum Gasteiger partial charge on any atom is 0.220 e. The van der Waals surface area contributed by atoms with Crippen LogP contribution in [0.1, 0.15) is 277 Å². The SMILES string of the molecule is CC/C=C\C/C=C\C/C=C\C/C=C\CCCCCCCCCCCCCCCCCCCCC(=O)NC(COC1OC(CO)C(OC2OC(CO)C(O)C(O)C2O)C(O)C1O)C(O)/C=C/CC/C=C/CCCCCCCCCCCCCCCC. The number of amides is 1. The Balaban J connectivity index is 1.67. The predicted molar refractivity (Wildman–Crippen MR) is 346 cm³/mol. The molecule has 1 amide bonds. The number of allylic oxidation sites excluding steroid dienone is 11. The summed E-state index contributed by atoms with van der Waals surface area (Å²) in [6.45, 7) is 2.70. The van der Waals surface area contributed by atoms with Gasteiger partial charge < -0.3 is 65.1 Å². The zero-order chi connectivity index (χ0) is 61.6. The molecule has 2 rings (SSSR count). The van der Waals surface area contributed by atoms with Gasteiger partial charge in [-0.2, -0.15) is 0 Å². The Hall–Kier alpha value is -2.57. The molecule has 85 heavy (non-hydrogen) atoms. The molecule has 14 nitrogen and oxygen atoms in total. The van der Waals surface area contributed by atoms with Crippen LogP contribution in [0.5, 0.6) is 0 Å². The molecule has 0 aliphatic carbocycles. The number of aliphatic hydroxyl groups is 8. The van der Waals surface area contributed by atoms with Gasteiger partial charge in [0.05, 0.1) is 32.0 Å². The maximum absolute atomic E-state index is 13.3. The van der Waals surface area contributed by atoms with Crippen molar-refractivity contribution >= 4 is 5.91 Å². The average molecular weight is 1200 g/mol. The van der Waals surface area contributed by atoms with E-state index in [9.17, 15) is 45.6 Å². The third kappa shape index (κ3) is 39.9. The molecule has 2 aliphatic rings. The number of rotatable bonds is 56. The molecule has 0 aromatic heterocycles. The van der Waals surface area contributed by atoms with Crippen molar-refractivity contribution in [1.29, 1.82) is 0 Å². The zero-order valence-corrected chi connectivity index (χ0v) is 53.6. The summed E-state index contributed by atoms with van der Waals surface area (Å²) in [7, 11) is 0. The predicted octanol–water partition coefficient (Wildman–Crippen LogP) is 13.8. The van der Waals surface area contributed by atoms with Gasteiger partial charge in [0.2, 0.25) is 5.91 Å². The van der Waals surface area contributed by atoms with Crippen molar-refractivity contribution in [3.05, 3.63) is 72.9 Å². The average Bonchev–Trinajstić information content (AvgIpc) is 3.68. The summed E-state index contributed by atoms with van der Waals surface area (Å²) in [6.07, 6.45) is 58.1. The normalized spacial score (nSPS) is 24.0. The summed E-state index contributed by atoms with van der Waals surface area (Å²) in [4.78, 5) is 13.3. The first-order valence-electron chi connectivity index (χ1n) is 34.7. The minimum atomic E-state index is -1.79. The number of hydrogen-bond donors (Lipinski definition) is 9. The summed E-state index contributed by atoms with van der Waals surface area (Å²) in [5, 5.41) is 87.4. The second-order valence-corrected chi connectivity index (χ2v) is 24.3. The molecule has 0 aromatic rings. The molecule has 0 saturated carbocycles. The van der Waals surface area contributed by atoms with E-state index < -0.39 is 86.8 Å². The molecule has 2 heterocycles. The van der Waals surface area contributed by atoms with Gasteiger partial charge in [-0.05, 0) is 70.6 Å². The molecule has 0 spiro atoms. The summed E-state index contributed by atoms with van der Waals surface area (Å²) in [6, 6.07) is -0.934. The molecule has 14 heteroatoms. The van der Waals surface area contributed by atoms with E-state index in [-0.39, 0.29) is 18.9 Å². The quantitative estimate of drug-likeness (QED) is 0.0204. The van der Waals surface area contributed by atoms with E-state index >= 15 is 0 Å². The molecule has 2 saturated heterocycles. The zero-order valence-electron chi connectivity index (χ0n) is 53.6. The third-order valence-corrected chi connectivity index (χ3v) is 16.6. The smallest absolute Gasteiger partial charge is 0.220 e. The first kappa shape index (κ1) is 78.5. The van der Waals surface area contributed by atoms with Crippen LogP contribution in [0.25, 0.3) is 0 Å². The van der Waals surface area contributed by atoms with Gasteiger partial charge in [-0.15, -0.1) is 0 Å². The summed E-state index contributed by atoms with van der Waals surface area (Å²) < 4.78 is 22.8. The van der Waals surface area contributed by atoms with Crippen LogP contribution in [-0.2, 0) is 23.7 Å². The maximum atomic E-state index is 13.3. The molecule has 494 valence electrons. The van der Waals surface area contributed by atoms with Crippen LogP contribution in [0, 0.1) is 0 Å². The lowest BCUT2D eigenvalue weighted by atomic mass is 9.97. The van der Waals surface area contributed by atoms with Gasteiger partial charge in [0.1, 0.15) is 48.8 Å². The summed E-state index contributed by atoms with van der Waals surface area (Å²) >= 11 is 0. The van der Waals surface area contributed by atoms with E-state index in [2.05, 4.69) is 79.9 Å². The van der Waals surface area contributed by atoms with Crippen molar-refractivity contribution in [1.82, 2.24) is 5.32 Å².